The Hall–Kier alpha value is -3.39. The topological polar surface area (TPSA) is 91.7 Å². The SMILES string of the molecule is C(=NNc1nc(-c2ccccc2)cs1)c1ccc(-c2nn[nH]n2)cc1. The number of hydrogen-bond donors (Lipinski definition) is 2. The molecule has 0 aliphatic rings. The molecule has 0 radical (unpaired) electrons. The fraction of sp³-hybridized carbons (Fsp3) is 0. The van der Waals surface area contributed by atoms with E-state index in [-0.39, 0.29) is 0 Å². The standard InChI is InChI=1S/C17H13N7S/c1-2-4-13(5-3-1)15-11-25-17(19-15)22-18-10-12-6-8-14(9-7-12)16-20-23-24-21-16/h1-11H,(H,19,22)(H,20,21,23,24). The molecule has 0 atom stereocenters. The molecule has 0 aliphatic heterocycles. The van der Waals surface area contributed by atoms with Gasteiger partial charge in [-0.25, -0.2) is 4.98 Å². The summed E-state index contributed by atoms with van der Waals surface area (Å²) in [7, 11) is 0. The quantitative estimate of drug-likeness (QED) is 0.426. The van der Waals surface area contributed by atoms with Crippen LogP contribution >= 0.6 is 11.3 Å². The minimum Gasteiger partial charge on any atom is -0.253 e. The maximum absolute atomic E-state index is 4.53. The number of aromatic amines is 1. The van der Waals surface area contributed by atoms with Crippen LogP contribution in [0.4, 0.5) is 5.13 Å². The molecule has 4 rings (SSSR count). The lowest BCUT2D eigenvalue weighted by molar-refractivity contribution is 0.881. The fourth-order valence-corrected chi connectivity index (χ4v) is 2.90. The third-order valence-electron chi connectivity index (χ3n) is 3.46. The van der Waals surface area contributed by atoms with Crippen molar-refractivity contribution < 1.29 is 0 Å². The van der Waals surface area contributed by atoms with E-state index >= 15 is 0 Å². The maximum atomic E-state index is 4.53. The summed E-state index contributed by atoms with van der Waals surface area (Å²) in [5, 5.41) is 20.9. The molecule has 4 aromatic rings. The van der Waals surface area contributed by atoms with Crippen molar-refractivity contribution in [2.45, 2.75) is 0 Å². The van der Waals surface area contributed by atoms with Crippen molar-refractivity contribution in [3.05, 3.63) is 65.5 Å². The van der Waals surface area contributed by atoms with E-state index in [4.69, 9.17) is 0 Å². The Bertz CT molecular complexity index is 960. The van der Waals surface area contributed by atoms with E-state index in [1.54, 1.807) is 6.21 Å². The Kier molecular flexibility index (Phi) is 4.25. The van der Waals surface area contributed by atoms with E-state index in [2.05, 4.69) is 36.1 Å². The van der Waals surface area contributed by atoms with Gasteiger partial charge < -0.3 is 0 Å². The van der Waals surface area contributed by atoms with Crippen LogP contribution in [0, 0.1) is 0 Å². The molecule has 0 amide bonds. The lowest BCUT2D eigenvalue weighted by atomic mass is 10.1. The number of nitrogens with zero attached hydrogens (tertiary/aromatic N) is 5. The average Bonchev–Trinajstić information content (AvgIpc) is 3.35. The molecule has 0 spiro atoms. The van der Waals surface area contributed by atoms with Crippen LogP contribution in [0.25, 0.3) is 22.6 Å². The monoisotopic (exact) mass is 347 g/mol. The number of anilines is 1. The summed E-state index contributed by atoms with van der Waals surface area (Å²) in [5.74, 6) is 0.567. The molecule has 2 N–H and O–H groups in total. The summed E-state index contributed by atoms with van der Waals surface area (Å²) in [6.45, 7) is 0. The number of rotatable bonds is 5. The molecule has 0 saturated heterocycles. The van der Waals surface area contributed by atoms with Crippen LogP contribution in [0.3, 0.4) is 0 Å². The number of nitrogens with one attached hydrogen (secondary N) is 2. The number of aromatic nitrogens is 5. The first-order valence-electron chi connectivity index (χ1n) is 7.52. The van der Waals surface area contributed by atoms with Crippen molar-refractivity contribution in [2.75, 3.05) is 5.43 Å². The Morgan fingerprint density at radius 3 is 2.60 bits per heavy atom. The van der Waals surface area contributed by atoms with Crippen molar-refractivity contribution in [3.8, 4) is 22.6 Å². The van der Waals surface area contributed by atoms with Crippen molar-refractivity contribution >= 4 is 22.7 Å². The van der Waals surface area contributed by atoms with Gasteiger partial charge in [0.1, 0.15) is 0 Å². The number of benzene rings is 2. The molecule has 2 heterocycles. The largest absolute Gasteiger partial charge is 0.253 e. The van der Waals surface area contributed by atoms with Gasteiger partial charge in [-0.2, -0.15) is 10.3 Å². The van der Waals surface area contributed by atoms with Gasteiger partial charge >= 0.3 is 0 Å². The molecular weight excluding hydrogens is 334 g/mol. The molecule has 0 fully saturated rings. The Balaban J connectivity index is 1.40. The first-order chi connectivity index (χ1) is 12.4. The van der Waals surface area contributed by atoms with Gasteiger partial charge in [-0.15, -0.1) is 21.5 Å². The summed E-state index contributed by atoms with van der Waals surface area (Å²) >= 11 is 1.52. The van der Waals surface area contributed by atoms with E-state index in [1.807, 2.05) is 60.0 Å². The highest BCUT2D eigenvalue weighted by Crippen LogP contribution is 2.24. The van der Waals surface area contributed by atoms with Crippen LogP contribution in [-0.4, -0.2) is 31.8 Å². The average molecular weight is 347 g/mol. The minimum atomic E-state index is 0.567. The summed E-state index contributed by atoms with van der Waals surface area (Å²) in [4.78, 5) is 4.53. The van der Waals surface area contributed by atoms with Crippen molar-refractivity contribution in [3.63, 3.8) is 0 Å². The second-order valence-corrected chi connectivity index (χ2v) is 5.99. The fourth-order valence-electron chi connectivity index (χ4n) is 2.23. The molecule has 122 valence electrons. The van der Waals surface area contributed by atoms with Crippen LogP contribution in [0.5, 0.6) is 0 Å². The molecule has 0 unspecified atom stereocenters. The highest BCUT2D eigenvalue weighted by atomic mass is 32.1. The van der Waals surface area contributed by atoms with Gasteiger partial charge in [0.05, 0.1) is 11.9 Å². The Labute approximate surface area is 147 Å². The van der Waals surface area contributed by atoms with Crippen molar-refractivity contribution in [2.24, 2.45) is 5.10 Å². The molecule has 0 saturated carbocycles. The van der Waals surface area contributed by atoms with Gasteiger partial charge in [-0.3, -0.25) is 5.43 Å². The first-order valence-corrected chi connectivity index (χ1v) is 8.40. The van der Waals surface area contributed by atoms with Gasteiger partial charge in [-0.05, 0) is 10.8 Å². The third kappa shape index (κ3) is 3.59. The number of tetrazole rings is 1. The molecule has 2 aromatic carbocycles. The van der Waals surface area contributed by atoms with Crippen molar-refractivity contribution in [1.82, 2.24) is 25.6 Å². The van der Waals surface area contributed by atoms with E-state index in [9.17, 15) is 0 Å². The zero-order valence-electron chi connectivity index (χ0n) is 13.0. The predicted molar refractivity (Wildman–Crippen MR) is 98.4 cm³/mol. The second kappa shape index (κ2) is 7.02. The third-order valence-corrected chi connectivity index (χ3v) is 4.21. The summed E-state index contributed by atoms with van der Waals surface area (Å²) in [6, 6.07) is 17.8. The summed E-state index contributed by atoms with van der Waals surface area (Å²) in [5.41, 5.74) is 6.84. The molecular formula is C17H13N7S. The number of thiazole rings is 1. The van der Waals surface area contributed by atoms with Gasteiger partial charge in [0, 0.05) is 16.5 Å². The van der Waals surface area contributed by atoms with Crippen LogP contribution in [0.2, 0.25) is 0 Å². The van der Waals surface area contributed by atoms with Gasteiger partial charge in [0.2, 0.25) is 11.0 Å². The second-order valence-electron chi connectivity index (χ2n) is 5.13. The Morgan fingerprint density at radius 2 is 1.84 bits per heavy atom. The predicted octanol–water partition coefficient (Wildman–Crippen LogP) is 3.44. The summed E-state index contributed by atoms with van der Waals surface area (Å²) in [6.07, 6.45) is 1.74. The molecule has 0 aliphatic carbocycles. The summed E-state index contributed by atoms with van der Waals surface area (Å²) < 4.78 is 0. The van der Waals surface area contributed by atoms with E-state index in [0.29, 0.717) is 5.82 Å². The maximum Gasteiger partial charge on any atom is 0.204 e. The van der Waals surface area contributed by atoms with Crippen LogP contribution in [-0.2, 0) is 0 Å². The first kappa shape index (κ1) is 15.2. The van der Waals surface area contributed by atoms with Crippen LogP contribution in [0.15, 0.2) is 65.1 Å². The van der Waals surface area contributed by atoms with Gasteiger partial charge in [0.25, 0.3) is 0 Å². The Morgan fingerprint density at radius 1 is 1.00 bits per heavy atom. The molecule has 2 aromatic heterocycles. The van der Waals surface area contributed by atoms with E-state index in [1.165, 1.54) is 11.3 Å². The van der Waals surface area contributed by atoms with Gasteiger partial charge in [0.15, 0.2) is 0 Å². The zero-order chi connectivity index (χ0) is 16.9. The van der Waals surface area contributed by atoms with E-state index < -0.39 is 0 Å². The molecule has 8 heteroatoms. The molecule has 25 heavy (non-hydrogen) atoms. The highest BCUT2D eigenvalue weighted by molar-refractivity contribution is 7.14. The van der Waals surface area contributed by atoms with E-state index in [0.717, 1.165) is 27.5 Å². The zero-order valence-corrected chi connectivity index (χ0v) is 13.8. The molecule has 0 bridgehead atoms. The van der Waals surface area contributed by atoms with Gasteiger partial charge in [-0.1, -0.05) is 54.6 Å². The van der Waals surface area contributed by atoms with Crippen LogP contribution < -0.4 is 5.43 Å². The highest BCUT2D eigenvalue weighted by Gasteiger charge is 2.03. The lowest BCUT2D eigenvalue weighted by Crippen LogP contribution is -1.90. The number of hydrogen-bond acceptors (Lipinski definition) is 7. The van der Waals surface area contributed by atoms with Crippen molar-refractivity contribution in [1.29, 1.82) is 0 Å². The smallest absolute Gasteiger partial charge is 0.204 e. The molecule has 7 nitrogen and oxygen atoms in total. The van der Waals surface area contributed by atoms with Crippen LogP contribution in [0.1, 0.15) is 5.56 Å². The normalized spacial score (nSPS) is 11.0. The lowest BCUT2D eigenvalue weighted by Gasteiger charge is -1.97. The number of H-pyrrole nitrogens is 1. The minimum absolute atomic E-state index is 0.567. The number of hydrazone groups is 1.